The number of ether oxygens (including phenoxy) is 1. The van der Waals surface area contributed by atoms with Gasteiger partial charge in [0.2, 0.25) is 0 Å². The van der Waals surface area contributed by atoms with Crippen molar-refractivity contribution in [3.05, 3.63) is 16.7 Å². The Hall–Kier alpha value is -0.810. The minimum atomic E-state index is 0.560. The van der Waals surface area contributed by atoms with E-state index in [1.807, 2.05) is 0 Å². The number of aromatic nitrogens is 1. The van der Waals surface area contributed by atoms with Crippen molar-refractivity contribution in [2.24, 2.45) is 5.84 Å². The molecule has 1 rings (SSSR count). The molecule has 0 aliphatic heterocycles. The van der Waals surface area contributed by atoms with Crippen LogP contribution in [0.3, 0.4) is 0 Å². The van der Waals surface area contributed by atoms with Gasteiger partial charge in [0.1, 0.15) is 10.2 Å². The van der Waals surface area contributed by atoms with Crippen molar-refractivity contribution >= 4 is 21.7 Å². The Morgan fingerprint density at radius 2 is 2.45 bits per heavy atom. The molecule has 1 aromatic rings. The van der Waals surface area contributed by atoms with Gasteiger partial charge in [0.25, 0.3) is 0 Å². The third kappa shape index (κ3) is 1.61. The summed E-state index contributed by atoms with van der Waals surface area (Å²) >= 11 is 3.27. The van der Waals surface area contributed by atoms with E-state index in [1.54, 1.807) is 19.4 Å². The van der Waals surface area contributed by atoms with Gasteiger partial charge in [-0.3, -0.25) is 0 Å². The summed E-state index contributed by atoms with van der Waals surface area (Å²) in [5.41, 5.74) is 2.43. The summed E-state index contributed by atoms with van der Waals surface area (Å²) in [7, 11) is 1.58. The lowest BCUT2D eigenvalue weighted by molar-refractivity contribution is 0.412. The number of nitrogens with two attached hydrogens (primary N) is 1. The number of pyridine rings is 1. The van der Waals surface area contributed by atoms with Crippen LogP contribution in [0.2, 0.25) is 0 Å². The fraction of sp³-hybridized carbons (Fsp3) is 0.167. The molecule has 0 spiro atoms. The molecule has 0 saturated heterocycles. The molecule has 4 nitrogen and oxygen atoms in total. The highest BCUT2D eigenvalue weighted by Gasteiger charge is 2.04. The van der Waals surface area contributed by atoms with E-state index in [2.05, 4.69) is 26.3 Å². The lowest BCUT2D eigenvalue weighted by Crippen LogP contribution is -2.09. The number of nitrogens with zero attached hydrogens (tertiary/aromatic N) is 1. The predicted octanol–water partition coefficient (Wildman–Crippen LogP) is 1.14. The SMILES string of the molecule is COc1ccnc(NN)c1Br. The molecule has 0 aromatic carbocycles. The van der Waals surface area contributed by atoms with Crippen molar-refractivity contribution in [1.82, 2.24) is 4.98 Å². The number of anilines is 1. The van der Waals surface area contributed by atoms with Crippen LogP contribution in [0.25, 0.3) is 0 Å². The molecule has 5 heteroatoms. The molecule has 0 unspecified atom stereocenters. The standard InChI is InChI=1S/C6H8BrN3O/c1-11-4-2-3-9-6(10-8)5(4)7/h2-3H,8H2,1H3,(H,9,10). The van der Waals surface area contributed by atoms with E-state index in [4.69, 9.17) is 10.6 Å². The molecule has 0 amide bonds. The zero-order valence-electron chi connectivity index (χ0n) is 5.97. The topological polar surface area (TPSA) is 60.2 Å². The van der Waals surface area contributed by atoms with Crippen molar-refractivity contribution in [3.63, 3.8) is 0 Å². The van der Waals surface area contributed by atoms with Crippen LogP contribution in [-0.2, 0) is 0 Å². The van der Waals surface area contributed by atoms with Crippen LogP contribution in [0.4, 0.5) is 5.82 Å². The Morgan fingerprint density at radius 3 is 3.00 bits per heavy atom. The van der Waals surface area contributed by atoms with Crippen molar-refractivity contribution in [3.8, 4) is 5.75 Å². The number of nitrogen functional groups attached to an aromatic ring is 1. The average molecular weight is 218 g/mol. The summed E-state index contributed by atoms with van der Waals surface area (Å²) in [6, 6.07) is 1.74. The fourth-order valence-electron chi connectivity index (χ4n) is 0.684. The zero-order valence-corrected chi connectivity index (χ0v) is 7.55. The minimum absolute atomic E-state index is 0.560. The summed E-state index contributed by atoms with van der Waals surface area (Å²) < 4.78 is 5.73. The lowest BCUT2D eigenvalue weighted by atomic mass is 10.4. The van der Waals surface area contributed by atoms with E-state index in [-0.39, 0.29) is 0 Å². The Balaban J connectivity index is 3.10. The minimum Gasteiger partial charge on any atom is -0.495 e. The smallest absolute Gasteiger partial charge is 0.158 e. The molecule has 3 N–H and O–H groups in total. The van der Waals surface area contributed by atoms with Gasteiger partial charge in [0.05, 0.1) is 7.11 Å². The van der Waals surface area contributed by atoms with Gasteiger partial charge in [0.15, 0.2) is 5.82 Å². The highest BCUT2D eigenvalue weighted by atomic mass is 79.9. The van der Waals surface area contributed by atoms with Crippen molar-refractivity contribution in [2.75, 3.05) is 12.5 Å². The number of hydrogen-bond acceptors (Lipinski definition) is 4. The van der Waals surface area contributed by atoms with Gasteiger partial charge < -0.3 is 10.2 Å². The van der Waals surface area contributed by atoms with E-state index < -0.39 is 0 Å². The Bertz CT molecular complexity index is 231. The second-order valence-electron chi connectivity index (χ2n) is 1.82. The Labute approximate surface area is 72.9 Å². The lowest BCUT2D eigenvalue weighted by Gasteiger charge is -2.05. The van der Waals surface area contributed by atoms with Gasteiger partial charge in [-0.25, -0.2) is 10.8 Å². The van der Waals surface area contributed by atoms with E-state index in [9.17, 15) is 0 Å². The molecule has 0 bridgehead atoms. The van der Waals surface area contributed by atoms with Crippen molar-refractivity contribution in [2.45, 2.75) is 0 Å². The molecule has 0 saturated carbocycles. The van der Waals surface area contributed by atoms with Crippen LogP contribution in [0.5, 0.6) is 5.75 Å². The third-order valence-corrected chi connectivity index (χ3v) is 1.98. The molecule has 60 valence electrons. The van der Waals surface area contributed by atoms with Crippen LogP contribution < -0.4 is 16.0 Å². The number of nitrogens with one attached hydrogen (secondary N) is 1. The van der Waals surface area contributed by atoms with Gasteiger partial charge in [-0.15, -0.1) is 0 Å². The van der Waals surface area contributed by atoms with Crippen molar-refractivity contribution in [1.29, 1.82) is 0 Å². The molecular formula is C6H8BrN3O. The van der Waals surface area contributed by atoms with Crippen LogP contribution in [0.15, 0.2) is 16.7 Å². The van der Waals surface area contributed by atoms with Crippen LogP contribution in [-0.4, -0.2) is 12.1 Å². The normalized spacial score (nSPS) is 9.36. The summed E-state index contributed by atoms with van der Waals surface area (Å²) in [5, 5.41) is 0. The van der Waals surface area contributed by atoms with Gasteiger partial charge in [0, 0.05) is 6.20 Å². The van der Waals surface area contributed by atoms with Crippen LogP contribution in [0.1, 0.15) is 0 Å². The van der Waals surface area contributed by atoms with E-state index in [0.29, 0.717) is 11.6 Å². The maximum Gasteiger partial charge on any atom is 0.158 e. The molecular weight excluding hydrogens is 210 g/mol. The monoisotopic (exact) mass is 217 g/mol. The highest BCUT2D eigenvalue weighted by molar-refractivity contribution is 9.10. The summed E-state index contributed by atoms with van der Waals surface area (Å²) in [6.45, 7) is 0. The molecule has 0 fully saturated rings. The number of hydrogen-bond donors (Lipinski definition) is 2. The number of halogens is 1. The number of methoxy groups -OCH3 is 1. The second-order valence-corrected chi connectivity index (χ2v) is 2.61. The predicted molar refractivity (Wildman–Crippen MR) is 46.3 cm³/mol. The molecule has 1 heterocycles. The van der Waals surface area contributed by atoms with Gasteiger partial charge in [-0.2, -0.15) is 0 Å². The molecule has 0 atom stereocenters. The third-order valence-electron chi connectivity index (χ3n) is 1.21. The van der Waals surface area contributed by atoms with E-state index in [1.165, 1.54) is 0 Å². The van der Waals surface area contributed by atoms with Gasteiger partial charge >= 0.3 is 0 Å². The molecule has 0 aliphatic carbocycles. The van der Waals surface area contributed by atoms with Crippen molar-refractivity contribution < 1.29 is 4.74 Å². The van der Waals surface area contributed by atoms with E-state index in [0.717, 1.165) is 4.47 Å². The van der Waals surface area contributed by atoms with Gasteiger partial charge in [-0.1, -0.05) is 0 Å². The molecule has 1 aromatic heterocycles. The summed E-state index contributed by atoms with van der Waals surface area (Å²) in [4.78, 5) is 3.94. The number of hydrazine groups is 1. The maximum absolute atomic E-state index is 5.18. The van der Waals surface area contributed by atoms with Gasteiger partial charge in [-0.05, 0) is 22.0 Å². The zero-order chi connectivity index (χ0) is 8.27. The summed E-state index contributed by atoms with van der Waals surface area (Å²) in [5.74, 6) is 6.44. The second kappa shape index (κ2) is 3.54. The number of rotatable bonds is 2. The summed E-state index contributed by atoms with van der Waals surface area (Å²) in [6.07, 6.45) is 1.61. The first-order valence-corrected chi connectivity index (χ1v) is 3.74. The Kier molecular flexibility index (Phi) is 2.67. The molecule has 0 radical (unpaired) electrons. The Morgan fingerprint density at radius 1 is 1.73 bits per heavy atom. The van der Waals surface area contributed by atoms with Crippen LogP contribution in [0, 0.1) is 0 Å². The average Bonchev–Trinajstić information content (AvgIpc) is 2.05. The molecule has 0 aliphatic rings. The fourth-order valence-corrected chi connectivity index (χ4v) is 1.20. The largest absolute Gasteiger partial charge is 0.495 e. The first-order chi connectivity index (χ1) is 5.29. The molecule has 11 heavy (non-hydrogen) atoms. The quantitative estimate of drug-likeness (QED) is 0.577. The maximum atomic E-state index is 5.18. The highest BCUT2D eigenvalue weighted by Crippen LogP contribution is 2.29. The van der Waals surface area contributed by atoms with E-state index >= 15 is 0 Å². The first-order valence-electron chi connectivity index (χ1n) is 2.94. The first kappa shape index (κ1) is 8.29. The van der Waals surface area contributed by atoms with Crippen LogP contribution >= 0.6 is 15.9 Å².